The first-order valence-corrected chi connectivity index (χ1v) is 15.7. The molecule has 186 valence electrons. The van der Waals surface area contributed by atoms with Crippen molar-refractivity contribution in [2.75, 3.05) is 24.6 Å². The third-order valence-electron chi connectivity index (χ3n) is 4.36. The van der Waals surface area contributed by atoms with Gasteiger partial charge in [0.2, 0.25) is 11.8 Å². The number of rotatable bonds is 16. The Bertz CT molecular complexity index is 859. The number of amides is 2. The van der Waals surface area contributed by atoms with E-state index in [0.717, 1.165) is 21.6 Å². The number of hydrogen-bond acceptors (Lipinski definition) is 9. The van der Waals surface area contributed by atoms with Crippen molar-refractivity contribution in [2.45, 2.75) is 55.2 Å². The maximum absolute atomic E-state index is 12.2. The predicted molar refractivity (Wildman–Crippen MR) is 147 cm³/mol. The van der Waals surface area contributed by atoms with Crippen molar-refractivity contribution in [3.8, 4) is 0 Å². The second-order valence-corrected chi connectivity index (χ2v) is 13.0. The Balaban J connectivity index is 1.52. The summed E-state index contributed by atoms with van der Waals surface area (Å²) in [5, 5.41) is 11.4. The van der Waals surface area contributed by atoms with Crippen LogP contribution < -0.4 is 16.0 Å². The number of pyridine rings is 2. The van der Waals surface area contributed by atoms with E-state index in [1.165, 1.54) is 0 Å². The first-order chi connectivity index (χ1) is 16.3. The van der Waals surface area contributed by atoms with E-state index >= 15 is 0 Å². The maximum atomic E-state index is 12.2. The summed E-state index contributed by atoms with van der Waals surface area (Å²) < 4.78 is 0. The SMILES string of the molecule is CC(CNC(=O)CCSSc1ccccn1)NC(C)(C)CNC(=O)CCSSc1ccccn1. The molecule has 1 unspecified atom stereocenters. The van der Waals surface area contributed by atoms with Crippen molar-refractivity contribution in [3.63, 3.8) is 0 Å². The summed E-state index contributed by atoms with van der Waals surface area (Å²) in [5.74, 6) is 1.52. The highest BCUT2D eigenvalue weighted by molar-refractivity contribution is 8.77. The van der Waals surface area contributed by atoms with Gasteiger partial charge in [-0.2, -0.15) is 0 Å². The van der Waals surface area contributed by atoms with Gasteiger partial charge in [-0.25, -0.2) is 9.97 Å². The number of nitrogens with zero attached hydrogens (tertiary/aromatic N) is 2. The monoisotopic (exact) mass is 539 g/mol. The zero-order valence-electron chi connectivity index (χ0n) is 19.8. The third-order valence-corrected chi connectivity index (χ3v) is 8.89. The Morgan fingerprint density at radius 1 is 0.882 bits per heavy atom. The van der Waals surface area contributed by atoms with Crippen molar-refractivity contribution < 1.29 is 9.59 Å². The number of carbonyl (C=O) groups excluding carboxylic acids is 2. The van der Waals surface area contributed by atoms with E-state index in [2.05, 4.69) is 25.9 Å². The molecule has 1 atom stereocenters. The molecule has 34 heavy (non-hydrogen) atoms. The fraction of sp³-hybridized carbons (Fsp3) is 0.478. The van der Waals surface area contributed by atoms with Gasteiger partial charge in [0.1, 0.15) is 10.1 Å². The molecule has 7 nitrogen and oxygen atoms in total. The van der Waals surface area contributed by atoms with Crippen LogP contribution in [0.3, 0.4) is 0 Å². The summed E-state index contributed by atoms with van der Waals surface area (Å²) in [6.07, 6.45) is 4.46. The van der Waals surface area contributed by atoms with Gasteiger partial charge in [-0.05, 0) is 66.6 Å². The molecule has 3 N–H and O–H groups in total. The van der Waals surface area contributed by atoms with Crippen LogP contribution in [0.2, 0.25) is 0 Å². The second kappa shape index (κ2) is 16.3. The van der Waals surface area contributed by atoms with Crippen molar-refractivity contribution in [2.24, 2.45) is 0 Å². The predicted octanol–water partition coefficient (Wildman–Crippen LogP) is 4.43. The molecule has 0 aliphatic heterocycles. The summed E-state index contributed by atoms with van der Waals surface area (Å²) in [7, 11) is 6.41. The highest BCUT2D eigenvalue weighted by atomic mass is 33.1. The second-order valence-electron chi connectivity index (χ2n) is 8.16. The Morgan fingerprint density at radius 3 is 1.91 bits per heavy atom. The molecule has 0 saturated carbocycles. The third kappa shape index (κ3) is 13.5. The quantitative estimate of drug-likeness (QED) is 0.211. The summed E-state index contributed by atoms with van der Waals surface area (Å²) in [6, 6.07) is 11.7. The van der Waals surface area contributed by atoms with E-state index in [1.54, 1.807) is 55.6 Å². The van der Waals surface area contributed by atoms with Gasteiger partial charge in [0.05, 0.1) is 0 Å². The van der Waals surface area contributed by atoms with Gasteiger partial charge >= 0.3 is 0 Å². The molecule has 0 spiro atoms. The molecule has 2 heterocycles. The minimum absolute atomic E-state index is 0.0334. The van der Waals surface area contributed by atoms with E-state index < -0.39 is 0 Å². The molecule has 2 aromatic rings. The van der Waals surface area contributed by atoms with Gasteiger partial charge in [0.25, 0.3) is 0 Å². The number of hydrogen-bond donors (Lipinski definition) is 3. The molecule has 2 rings (SSSR count). The fourth-order valence-corrected chi connectivity index (χ4v) is 6.54. The average molecular weight is 540 g/mol. The van der Waals surface area contributed by atoms with E-state index in [-0.39, 0.29) is 23.4 Å². The minimum atomic E-state index is -0.287. The van der Waals surface area contributed by atoms with Crippen LogP contribution in [0.5, 0.6) is 0 Å². The molecule has 0 radical (unpaired) electrons. The normalized spacial score (nSPS) is 12.2. The number of carbonyl (C=O) groups is 2. The summed E-state index contributed by atoms with van der Waals surface area (Å²) in [6.45, 7) is 7.17. The summed E-state index contributed by atoms with van der Waals surface area (Å²) >= 11 is 0. The van der Waals surface area contributed by atoms with Crippen molar-refractivity contribution in [1.82, 2.24) is 25.9 Å². The van der Waals surface area contributed by atoms with E-state index in [1.807, 2.05) is 57.2 Å². The van der Waals surface area contributed by atoms with Gasteiger partial charge in [-0.3, -0.25) is 9.59 Å². The van der Waals surface area contributed by atoms with Gasteiger partial charge in [0, 0.05) is 61.4 Å². The lowest BCUT2D eigenvalue weighted by atomic mass is 10.0. The molecule has 0 aromatic carbocycles. The lowest BCUT2D eigenvalue weighted by Crippen LogP contribution is -2.54. The Hall–Kier alpha value is -1.40. The summed E-state index contributed by atoms with van der Waals surface area (Å²) in [5.41, 5.74) is -0.287. The first-order valence-electron chi connectivity index (χ1n) is 11.1. The van der Waals surface area contributed by atoms with Crippen LogP contribution in [0, 0.1) is 0 Å². The van der Waals surface area contributed by atoms with Gasteiger partial charge in [0.15, 0.2) is 0 Å². The molecule has 2 aromatic heterocycles. The Kier molecular flexibility index (Phi) is 13.8. The molecular weight excluding hydrogens is 507 g/mol. The Morgan fingerprint density at radius 2 is 1.41 bits per heavy atom. The highest BCUT2D eigenvalue weighted by Crippen LogP contribution is 2.29. The Labute approximate surface area is 218 Å². The van der Waals surface area contributed by atoms with Gasteiger partial charge < -0.3 is 16.0 Å². The molecule has 0 fully saturated rings. The minimum Gasteiger partial charge on any atom is -0.355 e. The molecular formula is C23H33N5O2S4. The smallest absolute Gasteiger partial charge is 0.220 e. The van der Waals surface area contributed by atoms with Crippen molar-refractivity contribution >= 4 is 55.0 Å². The van der Waals surface area contributed by atoms with Gasteiger partial charge in [-0.1, -0.05) is 33.7 Å². The lowest BCUT2D eigenvalue weighted by Gasteiger charge is -2.30. The summed E-state index contributed by atoms with van der Waals surface area (Å²) in [4.78, 5) is 32.8. The van der Waals surface area contributed by atoms with Crippen LogP contribution in [-0.4, -0.2) is 58.0 Å². The largest absolute Gasteiger partial charge is 0.355 e. The van der Waals surface area contributed by atoms with Crippen molar-refractivity contribution in [1.29, 1.82) is 0 Å². The standard InChI is InChI=1S/C23H33N5O2S4/c1-18(16-26-19(29)10-14-31-33-21-8-4-6-12-24-21)28-23(2,3)17-27-20(30)11-15-32-34-22-9-5-7-13-25-22/h4-9,12-13,18,28H,10-11,14-17H2,1-3H3,(H,26,29)(H,27,30). The zero-order chi connectivity index (χ0) is 24.7. The fourth-order valence-electron chi connectivity index (χ4n) is 2.80. The van der Waals surface area contributed by atoms with Crippen LogP contribution in [-0.2, 0) is 9.59 Å². The molecule has 2 amide bonds. The van der Waals surface area contributed by atoms with Crippen LogP contribution in [0.15, 0.2) is 58.8 Å². The molecule has 0 aliphatic carbocycles. The molecule has 0 bridgehead atoms. The molecule has 0 aliphatic rings. The lowest BCUT2D eigenvalue weighted by molar-refractivity contribution is -0.121. The van der Waals surface area contributed by atoms with E-state index in [0.29, 0.717) is 25.9 Å². The van der Waals surface area contributed by atoms with Crippen molar-refractivity contribution in [3.05, 3.63) is 48.8 Å². The highest BCUT2D eigenvalue weighted by Gasteiger charge is 2.21. The topological polar surface area (TPSA) is 96.0 Å². The average Bonchev–Trinajstić information content (AvgIpc) is 2.83. The van der Waals surface area contributed by atoms with E-state index in [4.69, 9.17) is 0 Å². The van der Waals surface area contributed by atoms with Crippen LogP contribution in [0.4, 0.5) is 0 Å². The zero-order valence-corrected chi connectivity index (χ0v) is 23.0. The molecule has 0 saturated heterocycles. The molecule has 11 heteroatoms. The van der Waals surface area contributed by atoms with Gasteiger partial charge in [-0.15, -0.1) is 0 Å². The number of aromatic nitrogens is 2. The first kappa shape index (κ1) is 28.8. The maximum Gasteiger partial charge on any atom is 0.220 e. The van der Waals surface area contributed by atoms with E-state index in [9.17, 15) is 9.59 Å². The van der Waals surface area contributed by atoms with Crippen LogP contribution >= 0.6 is 43.2 Å². The number of nitrogens with one attached hydrogen (secondary N) is 3. The van der Waals surface area contributed by atoms with Crippen LogP contribution in [0.1, 0.15) is 33.6 Å². The van der Waals surface area contributed by atoms with Crippen LogP contribution in [0.25, 0.3) is 0 Å².